The molecular weight excluding hydrogens is 417 g/mol. The van der Waals surface area contributed by atoms with Crippen molar-refractivity contribution in [2.45, 2.75) is 32.7 Å². The Labute approximate surface area is 162 Å². The van der Waals surface area contributed by atoms with Gasteiger partial charge in [-0.15, -0.1) is 24.0 Å². The van der Waals surface area contributed by atoms with E-state index in [1.165, 1.54) is 12.8 Å². The van der Waals surface area contributed by atoms with E-state index in [9.17, 15) is 0 Å². The van der Waals surface area contributed by atoms with Crippen LogP contribution >= 0.6 is 24.0 Å². The highest BCUT2D eigenvalue weighted by Gasteiger charge is 2.22. The first-order valence-electron chi connectivity index (χ1n) is 8.55. The van der Waals surface area contributed by atoms with Crippen LogP contribution in [0.25, 0.3) is 0 Å². The smallest absolute Gasteiger partial charge is 0.191 e. The van der Waals surface area contributed by atoms with E-state index >= 15 is 0 Å². The molecule has 1 aromatic rings. The van der Waals surface area contributed by atoms with E-state index in [-0.39, 0.29) is 24.0 Å². The Bertz CT molecular complexity index is 493. The van der Waals surface area contributed by atoms with Gasteiger partial charge in [0.1, 0.15) is 5.75 Å². The topological polar surface area (TPSA) is 54.9 Å². The highest BCUT2D eigenvalue weighted by molar-refractivity contribution is 14.0. The lowest BCUT2D eigenvalue weighted by atomic mass is 10.2. The summed E-state index contributed by atoms with van der Waals surface area (Å²) >= 11 is 0. The molecule has 0 saturated heterocycles. The van der Waals surface area contributed by atoms with Crippen molar-refractivity contribution in [3.05, 3.63) is 29.8 Å². The number of guanidine groups is 1. The third-order valence-electron chi connectivity index (χ3n) is 3.71. The lowest BCUT2D eigenvalue weighted by molar-refractivity contribution is 0.195. The Morgan fingerprint density at radius 3 is 2.75 bits per heavy atom. The molecule has 0 aromatic heterocycles. The molecule has 0 bridgehead atoms. The van der Waals surface area contributed by atoms with Crippen molar-refractivity contribution in [1.82, 2.24) is 10.6 Å². The van der Waals surface area contributed by atoms with Crippen molar-refractivity contribution in [3.63, 3.8) is 0 Å². The Kier molecular flexibility index (Phi) is 10.8. The molecule has 0 spiro atoms. The maximum Gasteiger partial charge on any atom is 0.191 e. The van der Waals surface area contributed by atoms with Gasteiger partial charge in [0.15, 0.2) is 5.96 Å². The maximum atomic E-state index is 5.94. The third-order valence-corrected chi connectivity index (χ3v) is 3.71. The van der Waals surface area contributed by atoms with Gasteiger partial charge in [-0.25, -0.2) is 4.99 Å². The summed E-state index contributed by atoms with van der Waals surface area (Å²) in [5.74, 6) is 2.55. The molecule has 5 nitrogen and oxygen atoms in total. The monoisotopic (exact) mass is 447 g/mol. The van der Waals surface area contributed by atoms with Crippen LogP contribution in [-0.4, -0.2) is 39.4 Å². The van der Waals surface area contributed by atoms with Gasteiger partial charge in [0.05, 0.1) is 13.2 Å². The normalized spacial score (nSPS) is 14.0. The van der Waals surface area contributed by atoms with Gasteiger partial charge in [0.25, 0.3) is 0 Å². The molecule has 6 heteroatoms. The van der Waals surface area contributed by atoms with Gasteiger partial charge < -0.3 is 20.1 Å². The molecule has 0 atom stereocenters. The largest absolute Gasteiger partial charge is 0.493 e. The number of hydrogen-bond acceptors (Lipinski definition) is 3. The number of para-hydroxylation sites is 1. The number of hydrogen-bond donors (Lipinski definition) is 2. The highest BCUT2D eigenvalue weighted by Crippen LogP contribution is 2.30. The van der Waals surface area contributed by atoms with Crippen LogP contribution in [-0.2, 0) is 11.3 Å². The fourth-order valence-electron chi connectivity index (χ4n) is 2.20. The van der Waals surface area contributed by atoms with Crippen LogP contribution in [0.3, 0.4) is 0 Å². The Balaban J connectivity index is 0.00000288. The van der Waals surface area contributed by atoms with Gasteiger partial charge in [-0.1, -0.05) is 18.2 Å². The molecule has 136 valence electrons. The molecule has 0 radical (unpaired) electrons. The van der Waals surface area contributed by atoms with Crippen LogP contribution in [0.15, 0.2) is 29.3 Å². The summed E-state index contributed by atoms with van der Waals surface area (Å²) in [5.41, 5.74) is 1.13. The summed E-state index contributed by atoms with van der Waals surface area (Å²) in [4.78, 5) is 4.66. The number of ether oxygens (including phenoxy) is 2. The van der Waals surface area contributed by atoms with Crippen LogP contribution in [0, 0.1) is 5.92 Å². The van der Waals surface area contributed by atoms with Crippen molar-refractivity contribution in [1.29, 1.82) is 0 Å². The minimum Gasteiger partial charge on any atom is -0.493 e. The van der Waals surface area contributed by atoms with Gasteiger partial charge in [-0.2, -0.15) is 0 Å². The van der Waals surface area contributed by atoms with E-state index in [4.69, 9.17) is 9.47 Å². The van der Waals surface area contributed by atoms with Gasteiger partial charge in [-0.3, -0.25) is 0 Å². The lowest BCUT2D eigenvalue weighted by Gasteiger charge is -2.13. The zero-order chi connectivity index (χ0) is 16.3. The van der Waals surface area contributed by atoms with Gasteiger partial charge in [0.2, 0.25) is 0 Å². The predicted molar refractivity (Wildman–Crippen MR) is 109 cm³/mol. The Hall–Kier alpha value is -1.02. The van der Waals surface area contributed by atoms with E-state index in [1.807, 2.05) is 18.2 Å². The molecule has 0 unspecified atom stereocenters. The zero-order valence-electron chi connectivity index (χ0n) is 14.7. The summed E-state index contributed by atoms with van der Waals surface area (Å²) in [6.07, 6.45) is 3.56. The Morgan fingerprint density at radius 1 is 1.25 bits per heavy atom. The zero-order valence-corrected chi connectivity index (χ0v) is 17.0. The number of nitrogens with zero attached hydrogens (tertiary/aromatic N) is 1. The quantitative estimate of drug-likeness (QED) is 0.251. The van der Waals surface area contributed by atoms with Crippen LogP contribution < -0.4 is 15.4 Å². The second-order valence-corrected chi connectivity index (χ2v) is 5.83. The first-order chi connectivity index (χ1) is 11.3. The van der Waals surface area contributed by atoms with Crippen LogP contribution in [0.4, 0.5) is 0 Å². The highest BCUT2D eigenvalue weighted by atomic mass is 127. The first kappa shape index (κ1) is 21.0. The van der Waals surface area contributed by atoms with Gasteiger partial charge >= 0.3 is 0 Å². The first-order valence-corrected chi connectivity index (χ1v) is 8.55. The molecule has 2 N–H and O–H groups in total. The summed E-state index contributed by atoms with van der Waals surface area (Å²) in [7, 11) is 1.72. The summed E-state index contributed by atoms with van der Waals surface area (Å²) in [5, 5.41) is 6.59. The van der Waals surface area contributed by atoms with E-state index in [2.05, 4.69) is 28.6 Å². The number of aliphatic imine (C=N–C) groups is 1. The Morgan fingerprint density at radius 2 is 2.04 bits per heavy atom. The van der Waals surface area contributed by atoms with Crippen LogP contribution in [0.1, 0.15) is 31.7 Å². The van der Waals surface area contributed by atoms with Crippen molar-refractivity contribution in [2.24, 2.45) is 10.9 Å². The second kappa shape index (κ2) is 12.4. The molecule has 0 aliphatic heterocycles. The average Bonchev–Trinajstić information content (AvgIpc) is 3.39. The van der Waals surface area contributed by atoms with Crippen molar-refractivity contribution >= 4 is 29.9 Å². The molecule has 1 aliphatic carbocycles. The van der Waals surface area contributed by atoms with E-state index in [0.29, 0.717) is 6.54 Å². The van der Waals surface area contributed by atoms with Gasteiger partial charge in [-0.05, 0) is 38.2 Å². The minimum absolute atomic E-state index is 0. The number of methoxy groups -OCH3 is 1. The van der Waals surface area contributed by atoms with Crippen LogP contribution in [0.5, 0.6) is 5.75 Å². The molecule has 1 saturated carbocycles. The summed E-state index contributed by atoms with van der Waals surface area (Å²) < 4.78 is 11.0. The van der Waals surface area contributed by atoms with E-state index < -0.39 is 0 Å². The van der Waals surface area contributed by atoms with Crippen molar-refractivity contribution in [2.75, 3.05) is 33.4 Å². The summed E-state index contributed by atoms with van der Waals surface area (Å²) in [6.45, 7) is 5.95. The minimum atomic E-state index is 0. The number of benzene rings is 1. The van der Waals surface area contributed by atoms with Crippen molar-refractivity contribution < 1.29 is 9.47 Å². The molecule has 1 aromatic carbocycles. The standard InChI is InChI=1S/C18H29N3O2.HI/c1-3-19-18(20-11-6-12-22-2)21-13-16-7-4-5-8-17(16)23-14-15-9-10-15;/h4-5,7-8,15H,3,6,9-14H2,1-2H3,(H2,19,20,21);1H. The number of nitrogens with one attached hydrogen (secondary N) is 2. The van der Waals surface area contributed by atoms with E-state index in [0.717, 1.165) is 55.9 Å². The van der Waals surface area contributed by atoms with Crippen LogP contribution in [0.2, 0.25) is 0 Å². The maximum absolute atomic E-state index is 5.94. The van der Waals surface area contributed by atoms with Crippen molar-refractivity contribution in [3.8, 4) is 5.75 Å². The molecule has 24 heavy (non-hydrogen) atoms. The average molecular weight is 447 g/mol. The third kappa shape index (κ3) is 8.19. The molecule has 1 fully saturated rings. The number of rotatable bonds is 10. The lowest BCUT2D eigenvalue weighted by Crippen LogP contribution is -2.38. The molecular formula is C18H30IN3O2. The summed E-state index contributed by atoms with van der Waals surface area (Å²) in [6, 6.07) is 8.17. The fourth-order valence-corrected chi connectivity index (χ4v) is 2.20. The molecule has 2 rings (SSSR count). The second-order valence-electron chi connectivity index (χ2n) is 5.83. The van der Waals surface area contributed by atoms with E-state index in [1.54, 1.807) is 7.11 Å². The van der Waals surface area contributed by atoms with Gasteiger partial charge in [0, 0.05) is 32.4 Å². The number of halogens is 1. The predicted octanol–water partition coefficient (Wildman–Crippen LogP) is 3.19. The fraction of sp³-hybridized carbons (Fsp3) is 0.611. The molecule has 0 amide bonds. The molecule has 0 heterocycles. The SMILES string of the molecule is CCNC(=NCc1ccccc1OCC1CC1)NCCCOC.I. The molecule has 1 aliphatic rings.